The Morgan fingerprint density at radius 2 is 1.61 bits per heavy atom. The fraction of sp³-hybridized carbons (Fsp3) is 0.0588. The van der Waals surface area contributed by atoms with Gasteiger partial charge in [0.25, 0.3) is 0 Å². The summed E-state index contributed by atoms with van der Waals surface area (Å²) in [6.45, 7) is 2.15. The van der Waals surface area contributed by atoms with Crippen molar-refractivity contribution in [3.8, 4) is 0 Å². The van der Waals surface area contributed by atoms with Gasteiger partial charge in [-0.3, -0.25) is 0 Å². The van der Waals surface area contributed by atoms with E-state index >= 15 is 0 Å². The average molecular weight is 248 g/mol. The molecule has 1 aromatic heterocycles. The molecule has 0 aliphatic heterocycles. The molecule has 0 spiro atoms. The summed E-state index contributed by atoms with van der Waals surface area (Å²) in [6.07, 6.45) is 0. The maximum atomic E-state index is 2.33. The van der Waals surface area contributed by atoms with E-state index in [9.17, 15) is 0 Å². The molecule has 0 aliphatic carbocycles. The van der Waals surface area contributed by atoms with Gasteiger partial charge in [-0.05, 0) is 35.9 Å². The lowest BCUT2D eigenvalue weighted by Gasteiger charge is -2.00. The highest BCUT2D eigenvalue weighted by molar-refractivity contribution is 7.25. The Labute approximate surface area is 109 Å². The lowest BCUT2D eigenvalue weighted by Crippen LogP contribution is -1.75. The summed E-state index contributed by atoms with van der Waals surface area (Å²) in [7, 11) is 0. The molecule has 0 amide bonds. The van der Waals surface area contributed by atoms with Crippen molar-refractivity contribution in [3.05, 3.63) is 60.2 Å². The lowest BCUT2D eigenvalue weighted by atomic mass is 10.0. The van der Waals surface area contributed by atoms with Crippen LogP contribution >= 0.6 is 11.3 Å². The van der Waals surface area contributed by atoms with E-state index < -0.39 is 0 Å². The van der Waals surface area contributed by atoms with E-state index in [-0.39, 0.29) is 0 Å². The molecule has 18 heavy (non-hydrogen) atoms. The molecule has 0 aliphatic rings. The molecule has 0 fully saturated rings. The minimum atomic E-state index is 1.32. The molecule has 3 aromatic carbocycles. The predicted octanol–water partition coefficient (Wildman–Crippen LogP) is 5.52. The van der Waals surface area contributed by atoms with Gasteiger partial charge in [-0.1, -0.05) is 42.0 Å². The summed E-state index contributed by atoms with van der Waals surface area (Å²) < 4.78 is 2.76. The highest BCUT2D eigenvalue weighted by Crippen LogP contribution is 2.36. The molecule has 4 rings (SSSR count). The molecule has 0 saturated heterocycles. The molecule has 0 radical (unpaired) electrons. The Kier molecular flexibility index (Phi) is 2.00. The lowest BCUT2D eigenvalue weighted by molar-refractivity contribution is 1.51. The summed E-state index contributed by atoms with van der Waals surface area (Å²) in [6, 6.07) is 20.0. The summed E-state index contributed by atoms with van der Waals surface area (Å²) >= 11 is 1.88. The number of benzene rings is 3. The van der Waals surface area contributed by atoms with E-state index in [1.165, 1.54) is 36.5 Å². The molecule has 0 nitrogen and oxygen atoms in total. The van der Waals surface area contributed by atoms with Gasteiger partial charge < -0.3 is 0 Å². The van der Waals surface area contributed by atoms with Crippen molar-refractivity contribution in [1.29, 1.82) is 0 Å². The molecule has 1 heteroatoms. The summed E-state index contributed by atoms with van der Waals surface area (Å²) in [4.78, 5) is 0. The maximum absolute atomic E-state index is 2.33. The molecule has 0 unspecified atom stereocenters. The van der Waals surface area contributed by atoms with E-state index in [0.29, 0.717) is 0 Å². The monoisotopic (exact) mass is 248 g/mol. The van der Waals surface area contributed by atoms with Gasteiger partial charge in [-0.2, -0.15) is 0 Å². The summed E-state index contributed by atoms with van der Waals surface area (Å²) in [5.41, 5.74) is 1.32. The summed E-state index contributed by atoms with van der Waals surface area (Å²) in [5.74, 6) is 0. The molecule has 1 heterocycles. The van der Waals surface area contributed by atoms with Crippen molar-refractivity contribution in [2.45, 2.75) is 6.92 Å². The van der Waals surface area contributed by atoms with E-state index in [4.69, 9.17) is 0 Å². The van der Waals surface area contributed by atoms with Crippen LogP contribution in [0.25, 0.3) is 30.9 Å². The SMILES string of the molecule is Cc1ccc2cc3sc4ccccc4c3cc2c1. The van der Waals surface area contributed by atoms with Crippen LogP contribution in [0, 0.1) is 6.92 Å². The summed E-state index contributed by atoms with van der Waals surface area (Å²) in [5, 5.41) is 5.43. The number of hydrogen-bond donors (Lipinski definition) is 0. The zero-order valence-electron chi connectivity index (χ0n) is 10.1. The number of thiophene rings is 1. The van der Waals surface area contributed by atoms with Crippen LogP contribution in [-0.2, 0) is 0 Å². The van der Waals surface area contributed by atoms with E-state index in [2.05, 4.69) is 61.5 Å². The van der Waals surface area contributed by atoms with Crippen molar-refractivity contribution in [3.63, 3.8) is 0 Å². The highest BCUT2D eigenvalue weighted by Gasteiger charge is 2.05. The molecular weight excluding hydrogens is 236 g/mol. The van der Waals surface area contributed by atoms with E-state index in [1.807, 2.05) is 11.3 Å². The highest BCUT2D eigenvalue weighted by atomic mass is 32.1. The second kappa shape index (κ2) is 3.56. The van der Waals surface area contributed by atoms with Gasteiger partial charge >= 0.3 is 0 Å². The zero-order valence-corrected chi connectivity index (χ0v) is 10.9. The Morgan fingerprint density at radius 3 is 2.56 bits per heavy atom. The minimum absolute atomic E-state index is 1.32. The Bertz CT molecular complexity index is 884. The minimum Gasteiger partial charge on any atom is -0.135 e. The maximum Gasteiger partial charge on any atom is 0.0361 e. The van der Waals surface area contributed by atoms with Crippen molar-refractivity contribution < 1.29 is 0 Å². The quantitative estimate of drug-likeness (QED) is 0.384. The van der Waals surface area contributed by atoms with Crippen LogP contribution in [0.3, 0.4) is 0 Å². The van der Waals surface area contributed by atoms with Crippen molar-refractivity contribution in [1.82, 2.24) is 0 Å². The smallest absolute Gasteiger partial charge is 0.0361 e. The van der Waals surface area contributed by atoms with Crippen molar-refractivity contribution in [2.24, 2.45) is 0 Å². The molecule has 0 bridgehead atoms. The third-order valence-electron chi connectivity index (χ3n) is 3.49. The number of aryl methyl sites for hydroxylation is 1. The fourth-order valence-corrected chi connectivity index (χ4v) is 3.72. The third-order valence-corrected chi connectivity index (χ3v) is 4.62. The van der Waals surface area contributed by atoms with Crippen LogP contribution in [0.1, 0.15) is 5.56 Å². The van der Waals surface area contributed by atoms with Crippen LogP contribution in [-0.4, -0.2) is 0 Å². The normalized spacial score (nSPS) is 11.6. The van der Waals surface area contributed by atoms with Crippen molar-refractivity contribution >= 4 is 42.3 Å². The topological polar surface area (TPSA) is 0 Å². The number of fused-ring (bicyclic) bond motifs is 4. The first kappa shape index (κ1) is 10.1. The first-order valence-corrected chi connectivity index (χ1v) is 6.94. The second-order valence-electron chi connectivity index (χ2n) is 4.80. The van der Waals surface area contributed by atoms with Crippen molar-refractivity contribution in [2.75, 3.05) is 0 Å². The Morgan fingerprint density at radius 1 is 0.722 bits per heavy atom. The van der Waals surface area contributed by atoms with E-state index in [1.54, 1.807) is 0 Å². The molecule has 0 N–H and O–H groups in total. The standard InChI is InChI=1S/C17H12S/c1-11-6-7-12-10-17-15(9-13(12)8-11)14-4-2-3-5-16(14)18-17/h2-10H,1H3. The van der Waals surface area contributed by atoms with Gasteiger partial charge in [0.2, 0.25) is 0 Å². The van der Waals surface area contributed by atoms with Crippen LogP contribution in [0.4, 0.5) is 0 Å². The van der Waals surface area contributed by atoms with Gasteiger partial charge in [0.1, 0.15) is 0 Å². The largest absolute Gasteiger partial charge is 0.135 e. The number of rotatable bonds is 0. The Balaban J connectivity index is 2.24. The number of hydrogen-bond acceptors (Lipinski definition) is 1. The second-order valence-corrected chi connectivity index (χ2v) is 5.88. The van der Waals surface area contributed by atoms with Gasteiger partial charge in [-0.15, -0.1) is 11.3 Å². The van der Waals surface area contributed by atoms with Crippen LogP contribution in [0.15, 0.2) is 54.6 Å². The molecule has 0 atom stereocenters. The molecule has 86 valence electrons. The van der Waals surface area contributed by atoms with Gasteiger partial charge in [-0.25, -0.2) is 0 Å². The van der Waals surface area contributed by atoms with Crippen LogP contribution < -0.4 is 0 Å². The third kappa shape index (κ3) is 1.37. The first-order chi connectivity index (χ1) is 8.81. The van der Waals surface area contributed by atoms with Gasteiger partial charge in [0.15, 0.2) is 0 Å². The molecule has 4 aromatic rings. The van der Waals surface area contributed by atoms with E-state index in [0.717, 1.165) is 0 Å². The zero-order chi connectivity index (χ0) is 12.1. The van der Waals surface area contributed by atoms with Gasteiger partial charge in [0, 0.05) is 20.2 Å². The fourth-order valence-electron chi connectivity index (χ4n) is 2.59. The van der Waals surface area contributed by atoms with Gasteiger partial charge in [0.05, 0.1) is 0 Å². The Hall–Kier alpha value is -1.86. The molecule has 0 saturated carbocycles. The van der Waals surface area contributed by atoms with Crippen LogP contribution in [0.5, 0.6) is 0 Å². The molecular formula is C17H12S. The first-order valence-electron chi connectivity index (χ1n) is 6.13. The average Bonchev–Trinajstić information content (AvgIpc) is 2.74. The predicted molar refractivity (Wildman–Crippen MR) is 81.6 cm³/mol. The van der Waals surface area contributed by atoms with Crippen LogP contribution in [0.2, 0.25) is 0 Å².